The van der Waals surface area contributed by atoms with Crippen LogP contribution in [0.3, 0.4) is 0 Å². The Hall–Kier alpha value is -2.54. The zero-order valence-electron chi connectivity index (χ0n) is 15.7. The molecule has 140 valence electrons. The molecular weight excluding hydrogens is 360 g/mol. The summed E-state index contributed by atoms with van der Waals surface area (Å²) < 4.78 is 1.17. The van der Waals surface area contributed by atoms with Gasteiger partial charge in [0.15, 0.2) is 4.83 Å². The van der Waals surface area contributed by atoms with Gasteiger partial charge in [-0.2, -0.15) is 0 Å². The van der Waals surface area contributed by atoms with E-state index in [1.807, 2.05) is 32.0 Å². The van der Waals surface area contributed by atoms with Gasteiger partial charge in [0.05, 0.1) is 5.39 Å². The molecule has 1 unspecified atom stereocenters. The molecule has 6 nitrogen and oxygen atoms in total. The number of amides is 1. The molecule has 7 heteroatoms. The molecule has 0 spiro atoms. The first kappa shape index (κ1) is 17.9. The molecule has 0 saturated carbocycles. The van der Waals surface area contributed by atoms with Crippen LogP contribution in [0.15, 0.2) is 23.0 Å². The molecule has 2 heterocycles. The first-order chi connectivity index (χ1) is 12.9. The minimum absolute atomic E-state index is 0.143. The van der Waals surface area contributed by atoms with Crippen molar-refractivity contribution in [1.29, 1.82) is 0 Å². The highest BCUT2D eigenvalue weighted by Gasteiger charge is 2.24. The fraction of sp³-hybridized carbons (Fsp3) is 0.400. The molecule has 1 aromatic carbocycles. The van der Waals surface area contributed by atoms with Crippen molar-refractivity contribution in [3.63, 3.8) is 0 Å². The lowest BCUT2D eigenvalue weighted by atomic mass is 9.89. The maximum absolute atomic E-state index is 12.9. The Labute approximate surface area is 161 Å². The molecule has 0 bridgehead atoms. The number of nitrogens with zero attached hydrogens (tertiary/aromatic N) is 3. The van der Waals surface area contributed by atoms with E-state index in [-0.39, 0.29) is 18.0 Å². The lowest BCUT2D eigenvalue weighted by Crippen LogP contribution is -2.30. The summed E-state index contributed by atoms with van der Waals surface area (Å²) >= 11 is 1.56. The Balaban J connectivity index is 1.62. The molecule has 27 heavy (non-hydrogen) atoms. The number of carbonyl (C=O) groups is 1. The third kappa shape index (κ3) is 3.27. The summed E-state index contributed by atoms with van der Waals surface area (Å²) in [4.78, 5) is 27.3. The molecule has 0 fully saturated rings. The van der Waals surface area contributed by atoms with E-state index in [1.54, 1.807) is 11.3 Å². The molecule has 0 saturated heterocycles. The predicted molar refractivity (Wildman–Crippen MR) is 107 cm³/mol. The van der Waals surface area contributed by atoms with E-state index >= 15 is 0 Å². The van der Waals surface area contributed by atoms with Crippen molar-refractivity contribution >= 4 is 33.1 Å². The number of thiophene rings is 1. The van der Waals surface area contributed by atoms with Crippen LogP contribution in [0.4, 0.5) is 5.69 Å². The zero-order chi connectivity index (χ0) is 19.1. The van der Waals surface area contributed by atoms with Crippen molar-refractivity contribution in [1.82, 2.24) is 15.0 Å². The quantitative estimate of drug-likeness (QED) is 0.754. The van der Waals surface area contributed by atoms with Crippen LogP contribution in [0.1, 0.15) is 34.9 Å². The van der Waals surface area contributed by atoms with Crippen molar-refractivity contribution in [3.05, 3.63) is 50.1 Å². The number of anilines is 1. The van der Waals surface area contributed by atoms with Crippen LogP contribution >= 0.6 is 11.3 Å². The minimum Gasteiger partial charge on any atom is -0.324 e. The van der Waals surface area contributed by atoms with Gasteiger partial charge in [0.1, 0.15) is 6.54 Å². The van der Waals surface area contributed by atoms with Crippen molar-refractivity contribution in [2.45, 2.75) is 46.6 Å². The Bertz CT molecular complexity index is 1100. The van der Waals surface area contributed by atoms with Crippen LogP contribution in [0.2, 0.25) is 0 Å². The van der Waals surface area contributed by atoms with Crippen LogP contribution in [-0.2, 0) is 24.2 Å². The largest absolute Gasteiger partial charge is 0.324 e. The molecule has 2 aromatic heterocycles. The summed E-state index contributed by atoms with van der Waals surface area (Å²) in [5.41, 5.74) is 3.76. The number of hydrogen-bond donors (Lipinski definition) is 1. The highest BCUT2D eigenvalue weighted by Crippen LogP contribution is 2.35. The second-order valence-corrected chi connectivity index (χ2v) is 8.46. The summed E-state index contributed by atoms with van der Waals surface area (Å²) in [6, 6.07) is 5.75. The van der Waals surface area contributed by atoms with E-state index < -0.39 is 0 Å². The van der Waals surface area contributed by atoms with Gasteiger partial charge >= 0.3 is 0 Å². The van der Waals surface area contributed by atoms with Crippen molar-refractivity contribution in [3.8, 4) is 0 Å². The number of rotatable bonds is 3. The molecule has 1 amide bonds. The molecule has 4 rings (SSSR count). The maximum Gasteiger partial charge on any atom is 0.279 e. The Morgan fingerprint density at radius 2 is 2.19 bits per heavy atom. The number of hydrogen-bond acceptors (Lipinski definition) is 5. The number of aryl methyl sites for hydroxylation is 2. The second-order valence-electron chi connectivity index (χ2n) is 7.38. The molecule has 1 atom stereocenters. The van der Waals surface area contributed by atoms with E-state index in [9.17, 15) is 9.59 Å². The third-order valence-electron chi connectivity index (χ3n) is 5.36. The number of carbonyl (C=O) groups excluding carboxylic acids is 1. The lowest BCUT2D eigenvalue weighted by Gasteiger charge is -2.17. The highest BCUT2D eigenvalue weighted by atomic mass is 32.1. The Morgan fingerprint density at radius 1 is 1.37 bits per heavy atom. The smallest absolute Gasteiger partial charge is 0.279 e. The number of benzene rings is 1. The molecule has 1 N–H and O–H groups in total. The monoisotopic (exact) mass is 382 g/mol. The van der Waals surface area contributed by atoms with Crippen LogP contribution in [0.25, 0.3) is 10.2 Å². The first-order valence-electron chi connectivity index (χ1n) is 9.18. The fourth-order valence-corrected chi connectivity index (χ4v) is 4.93. The van der Waals surface area contributed by atoms with Gasteiger partial charge in [-0.1, -0.05) is 24.3 Å². The Kier molecular flexibility index (Phi) is 4.55. The summed E-state index contributed by atoms with van der Waals surface area (Å²) in [5.74, 6) is 0.348. The summed E-state index contributed by atoms with van der Waals surface area (Å²) in [6.45, 7) is 6.04. The molecule has 1 aliphatic rings. The van der Waals surface area contributed by atoms with Crippen LogP contribution < -0.4 is 10.9 Å². The summed E-state index contributed by atoms with van der Waals surface area (Å²) in [7, 11) is 0. The summed E-state index contributed by atoms with van der Waals surface area (Å²) in [6.07, 6.45) is 2.96. The standard InChI is InChI=1S/C20H22N4O2S/c1-11-7-8-14-16(9-11)27-19-18(14)20(26)24(23-22-19)10-17(25)21-15-6-4-5-12(2)13(15)3/h4-6,11H,7-10H2,1-3H3,(H,21,25). The van der Waals surface area contributed by atoms with E-state index in [4.69, 9.17) is 0 Å². The number of nitrogens with one attached hydrogen (secondary N) is 1. The van der Waals surface area contributed by atoms with Gasteiger partial charge < -0.3 is 5.32 Å². The minimum atomic E-state index is -0.280. The summed E-state index contributed by atoms with van der Waals surface area (Å²) in [5, 5.41) is 11.7. The van der Waals surface area contributed by atoms with Crippen molar-refractivity contribution in [2.24, 2.45) is 5.92 Å². The van der Waals surface area contributed by atoms with E-state index in [0.29, 0.717) is 16.1 Å². The van der Waals surface area contributed by atoms with Gasteiger partial charge in [-0.15, -0.1) is 16.4 Å². The third-order valence-corrected chi connectivity index (χ3v) is 6.50. The van der Waals surface area contributed by atoms with Gasteiger partial charge in [-0.05, 0) is 61.8 Å². The fourth-order valence-electron chi connectivity index (χ4n) is 3.61. The SMILES string of the molecule is Cc1cccc(NC(=O)Cn2nnc3sc4c(c3c2=O)CCC(C)C4)c1C. The molecule has 0 radical (unpaired) electrons. The van der Waals surface area contributed by atoms with Gasteiger partial charge in [0.25, 0.3) is 5.56 Å². The molecule has 0 aliphatic heterocycles. The number of fused-ring (bicyclic) bond motifs is 3. The van der Waals surface area contributed by atoms with E-state index in [1.165, 1.54) is 9.56 Å². The average Bonchev–Trinajstić information content (AvgIpc) is 2.99. The van der Waals surface area contributed by atoms with Gasteiger partial charge in [0.2, 0.25) is 5.91 Å². The van der Waals surface area contributed by atoms with Crippen molar-refractivity contribution in [2.75, 3.05) is 5.32 Å². The topological polar surface area (TPSA) is 76.9 Å². The first-order valence-corrected chi connectivity index (χ1v) is 9.99. The van der Waals surface area contributed by atoms with Gasteiger partial charge in [0, 0.05) is 10.6 Å². The Morgan fingerprint density at radius 3 is 3.00 bits per heavy atom. The lowest BCUT2D eigenvalue weighted by molar-refractivity contribution is -0.117. The highest BCUT2D eigenvalue weighted by molar-refractivity contribution is 7.18. The van der Waals surface area contributed by atoms with Gasteiger partial charge in [-0.25, -0.2) is 4.68 Å². The van der Waals surface area contributed by atoms with E-state index in [0.717, 1.165) is 41.6 Å². The van der Waals surface area contributed by atoms with Gasteiger partial charge in [-0.3, -0.25) is 9.59 Å². The molecule has 3 aromatic rings. The van der Waals surface area contributed by atoms with Crippen LogP contribution in [0.5, 0.6) is 0 Å². The predicted octanol–water partition coefficient (Wildman–Crippen LogP) is 3.23. The molecular formula is C20H22N4O2S. The van der Waals surface area contributed by atoms with Crippen LogP contribution in [0, 0.1) is 19.8 Å². The average molecular weight is 382 g/mol. The van der Waals surface area contributed by atoms with Crippen molar-refractivity contribution < 1.29 is 4.79 Å². The maximum atomic E-state index is 12.9. The second kappa shape index (κ2) is 6.88. The normalized spacial score (nSPS) is 16.3. The molecule has 1 aliphatic carbocycles. The van der Waals surface area contributed by atoms with Crippen LogP contribution in [-0.4, -0.2) is 20.9 Å². The number of aromatic nitrogens is 3. The zero-order valence-corrected chi connectivity index (χ0v) is 16.5. The van der Waals surface area contributed by atoms with E-state index in [2.05, 4.69) is 22.6 Å².